The molecule has 0 bridgehead atoms. The van der Waals surface area contributed by atoms with Gasteiger partial charge in [-0.1, -0.05) is 0 Å². The predicted octanol–water partition coefficient (Wildman–Crippen LogP) is 0.877. The lowest BCUT2D eigenvalue weighted by atomic mass is 10.2. The van der Waals surface area contributed by atoms with Crippen molar-refractivity contribution in [3.05, 3.63) is 18.2 Å². The van der Waals surface area contributed by atoms with Gasteiger partial charge in [0.1, 0.15) is 0 Å². The number of hydrogen-bond acceptors (Lipinski definition) is 4. The normalized spacial score (nSPS) is 17.4. The predicted molar refractivity (Wildman–Crippen MR) is 70.8 cm³/mol. The number of benzene rings is 1. The van der Waals surface area contributed by atoms with E-state index in [4.69, 9.17) is 9.47 Å². The summed E-state index contributed by atoms with van der Waals surface area (Å²) in [5, 5.41) is 3.23. The van der Waals surface area contributed by atoms with Gasteiger partial charge in [-0.2, -0.15) is 0 Å². The molecule has 1 N–H and O–H groups in total. The van der Waals surface area contributed by atoms with Crippen LogP contribution in [-0.4, -0.2) is 51.0 Å². The highest BCUT2D eigenvalue weighted by molar-refractivity contribution is 5.92. The number of hydrogen-bond donors (Lipinski definition) is 1. The van der Waals surface area contributed by atoms with E-state index in [1.54, 1.807) is 11.9 Å². The van der Waals surface area contributed by atoms with E-state index >= 15 is 0 Å². The number of nitrogens with one attached hydrogen (secondary N) is 1. The van der Waals surface area contributed by atoms with Gasteiger partial charge in [0.25, 0.3) is 0 Å². The van der Waals surface area contributed by atoms with Crippen molar-refractivity contribution >= 4 is 11.7 Å². The lowest BCUT2D eigenvalue weighted by molar-refractivity contribution is 0.174. The molecule has 2 heterocycles. The molecule has 2 amide bonds. The zero-order valence-electron chi connectivity index (χ0n) is 10.9. The van der Waals surface area contributed by atoms with Gasteiger partial charge >= 0.3 is 6.03 Å². The lowest BCUT2D eigenvalue weighted by Gasteiger charge is -2.31. The zero-order valence-corrected chi connectivity index (χ0v) is 10.9. The fraction of sp³-hybridized carbons (Fsp3) is 0.462. The van der Waals surface area contributed by atoms with Crippen molar-refractivity contribution in [3.63, 3.8) is 0 Å². The molecule has 19 heavy (non-hydrogen) atoms. The highest BCUT2D eigenvalue weighted by Crippen LogP contribution is 2.35. The SMILES string of the molecule is CN(C(=O)N1CCNCC1)c1ccc2c(c1)OCO2. The Kier molecular flexibility index (Phi) is 3.16. The Hall–Kier alpha value is -1.95. The molecule has 0 unspecified atom stereocenters. The van der Waals surface area contributed by atoms with Gasteiger partial charge in [-0.25, -0.2) is 4.79 Å². The summed E-state index contributed by atoms with van der Waals surface area (Å²) in [6.45, 7) is 3.43. The number of fused-ring (bicyclic) bond motifs is 1. The van der Waals surface area contributed by atoms with Crippen LogP contribution in [-0.2, 0) is 0 Å². The van der Waals surface area contributed by atoms with Crippen molar-refractivity contribution in [3.8, 4) is 11.5 Å². The van der Waals surface area contributed by atoms with Crippen LogP contribution in [0.15, 0.2) is 18.2 Å². The summed E-state index contributed by atoms with van der Waals surface area (Å²) in [6, 6.07) is 5.55. The Morgan fingerprint density at radius 2 is 2.00 bits per heavy atom. The maximum absolute atomic E-state index is 12.4. The first-order valence-corrected chi connectivity index (χ1v) is 6.39. The minimum Gasteiger partial charge on any atom is -0.454 e. The Morgan fingerprint density at radius 3 is 2.79 bits per heavy atom. The van der Waals surface area contributed by atoms with E-state index in [0.29, 0.717) is 5.75 Å². The van der Waals surface area contributed by atoms with E-state index in [9.17, 15) is 4.79 Å². The van der Waals surface area contributed by atoms with Gasteiger partial charge in [0.05, 0.1) is 0 Å². The number of carbonyl (C=O) groups is 1. The Morgan fingerprint density at radius 1 is 1.26 bits per heavy atom. The first-order valence-electron chi connectivity index (χ1n) is 6.39. The third-order valence-corrected chi connectivity index (χ3v) is 3.42. The number of piperazine rings is 1. The van der Waals surface area contributed by atoms with Crippen molar-refractivity contribution in [2.45, 2.75) is 0 Å². The second kappa shape index (κ2) is 4.97. The monoisotopic (exact) mass is 263 g/mol. The summed E-state index contributed by atoms with van der Waals surface area (Å²) >= 11 is 0. The summed E-state index contributed by atoms with van der Waals surface area (Å²) in [7, 11) is 1.78. The maximum Gasteiger partial charge on any atom is 0.324 e. The van der Waals surface area contributed by atoms with Gasteiger partial charge in [-0.3, -0.25) is 4.90 Å². The quantitative estimate of drug-likeness (QED) is 0.817. The van der Waals surface area contributed by atoms with Gasteiger partial charge in [0, 0.05) is 45.0 Å². The average Bonchev–Trinajstić information content (AvgIpc) is 2.94. The van der Waals surface area contributed by atoms with E-state index < -0.39 is 0 Å². The molecule has 0 aromatic heterocycles. The first-order chi connectivity index (χ1) is 9.25. The van der Waals surface area contributed by atoms with Crippen molar-refractivity contribution in [2.75, 3.05) is 44.9 Å². The van der Waals surface area contributed by atoms with Crippen LogP contribution < -0.4 is 19.7 Å². The molecule has 0 atom stereocenters. The number of urea groups is 1. The van der Waals surface area contributed by atoms with Crippen molar-refractivity contribution in [2.24, 2.45) is 0 Å². The molecule has 1 fully saturated rings. The summed E-state index contributed by atoms with van der Waals surface area (Å²) in [5.41, 5.74) is 0.813. The fourth-order valence-corrected chi connectivity index (χ4v) is 2.27. The van der Waals surface area contributed by atoms with Crippen LogP contribution in [0, 0.1) is 0 Å². The molecule has 102 valence electrons. The van der Waals surface area contributed by atoms with Crippen LogP contribution >= 0.6 is 0 Å². The average molecular weight is 263 g/mol. The van der Waals surface area contributed by atoms with Crippen molar-refractivity contribution in [1.29, 1.82) is 0 Å². The number of anilines is 1. The van der Waals surface area contributed by atoms with Crippen LogP contribution in [0.1, 0.15) is 0 Å². The summed E-state index contributed by atoms with van der Waals surface area (Å²) < 4.78 is 10.6. The minimum atomic E-state index is 0.0142. The summed E-state index contributed by atoms with van der Waals surface area (Å²) in [4.78, 5) is 15.8. The second-order valence-electron chi connectivity index (χ2n) is 4.62. The third-order valence-electron chi connectivity index (χ3n) is 3.42. The second-order valence-corrected chi connectivity index (χ2v) is 4.62. The number of ether oxygens (including phenoxy) is 2. The van der Waals surface area contributed by atoms with E-state index in [-0.39, 0.29) is 12.8 Å². The molecule has 1 saturated heterocycles. The van der Waals surface area contributed by atoms with Crippen LogP contribution in [0.2, 0.25) is 0 Å². The topological polar surface area (TPSA) is 54.0 Å². The molecule has 0 aliphatic carbocycles. The van der Waals surface area contributed by atoms with E-state index in [1.165, 1.54) is 0 Å². The molecule has 0 radical (unpaired) electrons. The molecule has 0 spiro atoms. The van der Waals surface area contributed by atoms with Crippen molar-refractivity contribution < 1.29 is 14.3 Å². The highest BCUT2D eigenvalue weighted by atomic mass is 16.7. The number of carbonyl (C=O) groups excluding carboxylic acids is 1. The largest absolute Gasteiger partial charge is 0.454 e. The van der Waals surface area contributed by atoms with Gasteiger partial charge < -0.3 is 19.7 Å². The minimum absolute atomic E-state index is 0.0142. The van der Waals surface area contributed by atoms with Crippen LogP contribution in [0.4, 0.5) is 10.5 Å². The van der Waals surface area contributed by atoms with E-state index in [1.807, 2.05) is 23.1 Å². The molecule has 2 aliphatic rings. The van der Waals surface area contributed by atoms with Crippen molar-refractivity contribution in [1.82, 2.24) is 10.2 Å². The van der Waals surface area contributed by atoms with Crippen LogP contribution in [0.5, 0.6) is 11.5 Å². The first kappa shape index (κ1) is 12.1. The molecule has 3 rings (SSSR count). The van der Waals surface area contributed by atoms with E-state index in [2.05, 4.69) is 5.32 Å². The standard InChI is InChI=1S/C13H17N3O3/c1-15(13(17)16-6-4-14-5-7-16)10-2-3-11-12(8-10)19-9-18-11/h2-3,8,14H,4-7,9H2,1H3. The van der Waals surface area contributed by atoms with Gasteiger partial charge in [-0.15, -0.1) is 0 Å². The Labute approximate surface area is 111 Å². The zero-order chi connectivity index (χ0) is 13.2. The van der Waals surface area contributed by atoms with Crippen LogP contribution in [0.3, 0.4) is 0 Å². The maximum atomic E-state index is 12.4. The number of nitrogens with zero attached hydrogens (tertiary/aromatic N) is 2. The molecule has 6 nitrogen and oxygen atoms in total. The smallest absolute Gasteiger partial charge is 0.324 e. The molecule has 1 aromatic carbocycles. The summed E-state index contributed by atoms with van der Waals surface area (Å²) in [6.07, 6.45) is 0. The van der Waals surface area contributed by atoms with Gasteiger partial charge in [0.2, 0.25) is 6.79 Å². The highest BCUT2D eigenvalue weighted by Gasteiger charge is 2.22. The number of amides is 2. The van der Waals surface area contributed by atoms with Crippen LogP contribution in [0.25, 0.3) is 0 Å². The molecule has 2 aliphatic heterocycles. The molecular formula is C13H17N3O3. The third kappa shape index (κ3) is 2.31. The van der Waals surface area contributed by atoms with Gasteiger partial charge in [0.15, 0.2) is 11.5 Å². The summed E-state index contributed by atoms with van der Waals surface area (Å²) in [5.74, 6) is 1.42. The fourth-order valence-electron chi connectivity index (χ4n) is 2.27. The molecule has 0 saturated carbocycles. The number of rotatable bonds is 1. The van der Waals surface area contributed by atoms with Gasteiger partial charge in [-0.05, 0) is 12.1 Å². The lowest BCUT2D eigenvalue weighted by Crippen LogP contribution is -2.50. The Bertz CT molecular complexity index is 486. The van der Waals surface area contributed by atoms with E-state index in [0.717, 1.165) is 37.6 Å². The molecule has 1 aromatic rings. The molecular weight excluding hydrogens is 246 g/mol. The molecule has 6 heteroatoms. The Balaban J connectivity index is 1.75.